The normalized spacial score (nSPS) is 15.8. The highest BCUT2D eigenvalue weighted by Crippen LogP contribution is 2.37. The van der Waals surface area contributed by atoms with Gasteiger partial charge in [-0.15, -0.1) is 0 Å². The molecule has 1 aliphatic rings. The lowest BCUT2D eigenvalue weighted by atomic mass is 10.1. The van der Waals surface area contributed by atoms with Crippen LogP contribution < -0.4 is 20.4 Å². The van der Waals surface area contributed by atoms with Crippen LogP contribution in [0.5, 0.6) is 0 Å². The first kappa shape index (κ1) is 24.5. The fraction of sp³-hybridized carbons (Fsp3) is 0.480. The molecule has 0 bridgehead atoms. The van der Waals surface area contributed by atoms with Crippen LogP contribution in [0.3, 0.4) is 0 Å². The SMILES string of the molecule is CC(C)N1c2cc(NCc3cccc(C(=O)NCCCN(C)C)c3)ncc2N(C)C(=O)C1C. The van der Waals surface area contributed by atoms with Crippen LogP contribution in [0.25, 0.3) is 0 Å². The van der Waals surface area contributed by atoms with E-state index in [1.807, 2.05) is 51.4 Å². The quantitative estimate of drug-likeness (QED) is 0.570. The van der Waals surface area contributed by atoms with E-state index in [1.54, 1.807) is 18.1 Å². The molecule has 2 amide bonds. The van der Waals surface area contributed by atoms with Gasteiger partial charge in [0.1, 0.15) is 11.9 Å². The second-order valence-corrected chi connectivity index (χ2v) is 9.10. The van der Waals surface area contributed by atoms with Crippen molar-refractivity contribution in [3.8, 4) is 0 Å². The van der Waals surface area contributed by atoms with Crippen LogP contribution in [0.15, 0.2) is 36.5 Å². The van der Waals surface area contributed by atoms with Gasteiger partial charge >= 0.3 is 0 Å². The first-order valence-corrected chi connectivity index (χ1v) is 11.5. The molecule has 2 heterocycles. The Kier molecular flexibility index (Phi) is 7.92. The molecule has 178 valence electrons. The lowest BCUT2D eigenvalue weighted by Gasteiger charge is -2.42. The highest BCUT2D eigenvalue weighted by Gasteiger charge is 2.35. The van der Waals surface area contributed by atoms with Gasteiger partial charge in [0.2, 0.25) is 5.91 Å². The molecule has 0 spiro atoms. The summed E-state index contributed by atoms with van der Waals surface area (Å²) >= 11 is 0. The van der Waals surface area contributed by atoms with E-state index in [2.05, 4.69) is 39.3 Å². The molecule has 1 aromatic carbocycles. The van der Waals surface area contributed by atoms with E-state index in [4.69, 9.17) is 0 Å². The fourth-order valence-electron chi connectivity index (χ4n) is 4.17. The molecule has 0 fully saturated rings. The van der Waals surface area contributed by atoms with E-state index in [9.17, 15) is 9.59 Å². The number of hydrogen-bond acceptors (Lipinski definition) is 6. The Morgan fingerprint density at radius 2 is 1.97 bits per heavy atom. The number of hydrogen-bond donors (Lipinski definition) is 2. The fourth-order valence-corrected chi connectivity index (χ4v) is 4.17. The van der Waals surface area contributed by atoms with E-state index in [1.165, 1.54) is 0 Å². The van der Waals surface area contributed by atoms with Gasteiger partial charge in [-0.2, -0.15) is 0 Å². The molecule has 8 heteroatoms. The monoisotopic (exact) mass is 452 g/mol. The summed E-state index contributed by atoms with van der Waals surface area (Å²) in [7, 11) is 5.84. The molecule has 1 aliphatic heterocycles. The number of likely N-dealkylation sites (N-methyl/N-ethyl adjacent to an activating group) is 1. The maximum atomic E-state index is 12.6. The van der Waals surface area contributed by atoms with Gasteiger partial charge in [0.25, 0.3) is 5.91 Å². The standard InChI is InChI=1S/C25H36N6O2/c1-17(2)31-18(3)25(33)30(6)22-16-28-23(14-21(22)31)27-15-19-9-7-10-20(13-19)24(32)26-11-8-12-29(4)5/h7,9-10,13-14,16-18H,8,11-12,15H2,1-6H3,(H,26,32)(H,27,28). The van der Waals surface area contributed by atoms with Gasteiger partial charge in [0, 0.05) is 37.8 Å². The Labute approximate surface area is 197 Å². The van der Waals surface area contributed by atoms with Crippen molar-refractivity contribution >= 4 is 29.0 Å². The first-order chi connectivity index (χ1) is 15.7. The van der Waals surface area contributed by atoms with Crippen LogP contribution in [0.2, 0.25) is 0 Å². The number of rotatable bonds is 9. The lowest BCUT2D eigenvalue weighted by Crippen LogP contribution is -2.53. The molecule has 0 saturated carbocycles. The molecule has 0 aliphatic carbocycles. The van der Waals surface area contributed by atoms with E-state index in [0.717, 1.165) is 35.7 Å². The van der Waals surface area contributed by atoms with Crippen molar-refractivity contribution in [2.75, 3.05) is 49.3 Å². The van der Waals surface area contributed by atoms with Crippen LogP contribution in [0.1, 0.15) is 43.1 Å². The van der Waals surface area contributed by atoms with Crippen molar-refractivity contribution in [1.29, 1.82) is 0 Å². The van der Waals surface area contributed by atoms with Crippen LogP contribution >= 0.6 is 0 Å². The number of fused-ring (bicyclic) bond motifs is 1. The summed E-state index contributed by atoms with van der Waals surface area (Å²) in [6.07, 6.45) is 2.66. The van der Waals surface area contributed by atoms with Gasteiger partial charge in [-0.25, -0.2) is 4.98 Å². The minimum atomic E-state index is -0.231. The van der Waals surface area contributed by atoms with E-state index < -0.39 is 0 Å². The van der Waals surface area contributed by atoms with Gasteiger partial charge in [0.05, 0.1) is 17.6 Å². The molecule has 1 aromatic heterocycles. The van der Waals surface area contributed by atoms with Gasteiger partial charge in [0.15, 0.2) is 0 Å². The zero-order chi connectivity index (χ0) is 24.1. The number of pyridine rings is 1. The predicted octanol–water partition coefficient (Wildman–Crippen LogP) is 2.95. The highest BCUT2D eigenvalue weighted by molar-refractivity contribution is 6.05. The van der Waals surface area contributed by atoms with Gasteiger partial charge in [-0.1, -0.05) is 12.1 Å². The summed E-state index contributed by atoms with van der Waals surface area (Å²) in [4.78, 5) is 35.5. The van der Waals surface area contributed by atoms with E-state index in [0.29, 0.717) is 18.7 Å². The average molecular weight is 453 g/mol. The third-order valence-electron chi connectivity index (χ3n) is 5.89. The second kappa shape index (κ2) is 10.7. The molecule has 0 saturated heterocycles. The van der Waals surface area contributed by atoms with E-state index in [-0.39, 0.29) is 23.9 Å². The topological polar surface area (TPSA) is 80.8 Å². The van der Waals surface area contributed by atoms with Gasteiger partial charge in [-0.05, 0) is 65.5 Å². The number of carbonyl (C=O) groups excluding carboxylic acids is 2. The average Bonchev–Trinajstić information content (AvgIpc) is 2.78. The third kappa shape index (κ3) is 5.82. The molecule has 2 aromatic rings. The molecule has 3 rings (SSSR count). The van der Waals surface area contributed by atoms with Crippen molar-refractivity contribution in [2.24, 2.45) is 0 Å². The Morgan fingerprint density at radius 1 is 1.21 bits per heavy atom. The maximum Gasteiger partial charge on any atom is 0.251 e. The lowest BCUT2D eigenvalue weighted by molar-refractivity contribution is -0.119. The Hall–Kier alpha value is -3.13. The highest BCUT2D eigenvalue weighted by atomic mass is 16.2. The number of amides is 2. The number of nitrogens with zero attached hydrogens (tertiary/aromatic N) is 4. The largest absolute Gasteiger partial charge is 0.366 e. The number of aromatic nitrogens is 1. The molecular weight excluding hydrogens is 416 g/mol. The maximum absolute atomic E-state index is 12.6. The summed E-state index contributed by atoms with van der Waals surface area (Å²) < 4.78 is 0. The minimum absolute atomic E-state index is 0.0585. The zero-order valence-electron chi connectivity index (χ0n) is 20.6. The zero-order valence-corrected chi connectivity index (χ0v) is 20.6. The van der Waals surface area contributed by atoms with Crippen LogP contribution in [0.4, 0.5) is 17.2 Å². The summed E-state index contributed by atoms with van der Waals surface area (Å²) in [5, 5.41) is 6.34. The second-order valence-electron chi connectivity index (χ2n) is 9.10. The number of benzene rings is 1. The van der Waals surface area contributed by atoms with Crippen LogP contribution in [-0.2, 0) is 11.3 Å². The Bertz CT molecular complexity index is 991. The predicted molar refractivity (Wildman–Crippen MR) is 134 cm³/mol. The molecule has 8 nitrogen and oxygen atoms in total. The van der Waals surface area contributed by atoms with Gasteiger partial charge < -0.3 is 25.3 Å². The summed E-state index contributed by atoms with van der Waals surface area (Å²) in [5.41, 5.74) is 3.45. The Morgan fingerprint density at radius 3 is 2.67 bits per heavy atom. The molecule has 33 heavy (non-hydrogen) atoms. The van der Waals surface area contributed by atoms with Crippen molar-refractivity contribution < 1.29 is 9.59 Å². The molecule has 1 unspecified atom stereocenters. The summed E-state index contributed by atoms with van der Waals surface area (Å²) in [6.45, 7) is 8.24. The molecular formula is C25H36N6O2. The summed E-state index contributed by atoms with van der Waals surface area (Å²) in [5.74, 6) is 0.736. The number of carbonyl (C=O) groups is 2. The minimum Gasteiger partial charge on any atom is -0.366 e. The van der Waals surface area contributed by atoms with Crippen molar-refractivity contribution in [2.45, 2.75) is 45.8 Å². The number of nitrogens with one attached hydrogen (secondary N) is 2. The smallest absolute Gasteiger partial charge is 0.251 e. The third-order valence-corrected chi connectivity index (χ3v) is 5.89. The first-order valence-electron chi connectivity index (χ1n) is 11.5. The number of anilines is 3. The van der Waals surface area contributed by atoms with E-state index >= 15 is 0 Å². The molecule has 0 radical (unpaired) electrons. The summed E-state index contributed by atoms with van der Waals surface area (Å²) in [6, 6.07) is 9.57. The van der Waals surface area contributed by atoms with Crippen LogP contribution in [0, 0.1) is 0 Å². The van der Waals surface area contributed by atoms with Crippen molar-refractivity contribution in [1.82, 2.24) is 15.2 Å². The van der Waals surface area contributed by atoms with Gasteiger partial charge in [-0.3, -0.25) is 9.59 Å². The Balaban J connectivity index is 1.68. The van der Waals surface area contributed by atoms with Crippen LogP contribution in [-0.4, -0.2) is 68.0 Å². The van der Waals surface area contributed by atoms with Crippen molar-refractivity contribution in [3.63, 3.8) is 0 Å². The van der Waals surface area contributed by atoms with Crippen molar-refractivity contribution in [3.05, 3.63) is 47.7 Å². The molecule has 1 atom stereocenters. The molecule has 2 N–H and O–H groups in total.